The zero-order valence-corrected chi connectivity index (χ0v) is 15.9. The zero-order chi connectivity index (χ0) is 20.6. The molecule has 0 saturated carbocycles. The third kappa shape index (κ3) is 8.16. The molecule has 1 aliphatic heterocycles. The fourth-order valence-corrected chi connectivity index (χ4v) is 3.07. The van der Waals surface area contributed by atoms with Crippen molar-refractivity contribution in [2.75, 3.05) is 38.5 Å². The van der Waals surface area contributed by atoms with Crippen LogP contribution in [-0.4, -0.2) is 61.2 Å². The number of alkyl halides is 3. The van der Waals surface area contributed by atoms with Gasteiger partial charge >= 0.3 is 6.36 Å². The third-order valence-electron chi connectivity index (χ3n) is 4.40. The molecule has 2 rings (SSSR count). The van der Waals surface area contributed by atoms with Gasteiger partial charge in [-0.05, 0) is 44.2 Å². The lowest BCUT2D eigenvalue weighted by atomic mass is 10.1. The average molecular weight is 401 g/mol. The summed E-state index contributed by atoms with van der Waals surface area (Å²) in [6.07, 6.45) is 0.732. The third-order valence-corrected chi connectivity index (χ3v) is 4.40. The van der Waals surface area contributed by atoms with Gasteiger partial charge in [0.05, 0.1) is 13.1 Å². The van der Waals surface area contributed by atoms with E-state index < -0.39 is 6.36 Å². The van der Waals surface area contributed by atoms with Crippen LogP contribution in [0.15, 0.2) is 24.3 Å². The molecule has 1 N–H and O–H groups in total. The molecule has 2 amide bonds. The lowest BCUT2D eigenvalue weighted by Gasteiger charge is -2.27. The average Bonchev–Trinajstić information content (AvgIpc) is 2.54. The molecule has 1 fully saturated rings. The summed E-state index contributed by atoms with van der Waals surface area (Å²) in [5.41, 5.74) is 0.350. The van der Waals surface area contributed by atoms with Crippen LogP contribution in [-0.2, 0) is 9.59 Å². The summed E-state index contributed by atoms with van der Waals surface area (Å²) in [7, 11) is 1.68. The van der Waals surface area contributed by atoms with Gasteiger partial charge in [-0.2, -0.15) is 0 Å². The van der Waals surface area contributed by atoms with Crippen LogP contribution < -0.4 is 10.1 Å². The molecule has 156 valence electrons. The summed E-state index contributed by atoms with van der Waals surface area (Å²) in [6, 6.07) is 4.89. The number of hydrogen-bond donors (Lipinski definition) is 1. The van der Waals surface area contributed by atoms with E-state index in [0.29, 0.717) is 5.69 Å². The second kappa shape index (κ2) is 10.3. The molecule has 6 nitrogen and oxygen atoms in total. The summed E-state index contributed by atoms with van der Waals surface area (Å²) < 4.78 is 40.2. The predicted octanol–water partition coefficient (Wildman–Crippen LogP) is 3.25. The van der Waals surface area contributed by atoms with Gasteiger partial charge in [0.2, 0.25) is 11.8 Å². The molecule has 28 heavy (non-hydrogen) atoms. The largest absolute Gasteiger partial charge is 0.573 e. The normalized spacial score (nSPS) is 15.7. The number of carbonyl (C=O) groups excluding carboxylic acids is 2. The smallest absolute Gasteiger partial charge is 0.406 e. The molecule has 1 aromatic carbocycles. The van der Waals surface area contributed by atoms with Crippen LogP contribution in [0.3, 0.4) is 0 Å². The Labute approximate surface area is 162 Å². The lowest BCUT2D eigenvalue weighted by Crippen LogP contribution is -2.42. The number of hydrogen-bond acceptors (Lipinski definition) is 4. The summed E-state index contributed by atoms with van der Waals surface area (Å²) in [6.45, 7) is 1.66. The lowest BCUT2D eigenvalue weighted by molar-refractivity contribution is -0.274. The summed E-state index contributed by atoms with van der Waals surface area (Å²) in [5, 5.41) is 2.59. The highest BCUT2D eigenvalue weighted by Gasteiger charge is 2.31. The molecular formula is C19H26F3N3O3. The van der Waals surface area contributed by atoms with Crippen LogP contribution in [0.1, 0.15) is 32.1 Å². The number of nitrogens with zero attached hydrogens (tertiary/aromatic N) is 2. The standard InChI is InChI=1S/C19H26F3N3O3/c1-24(14-18(27)25-11-5-3-2-4-6-12-25)13-17(26)23-15-7-9-16(10-8-15)28-19(20,21)22/h7-10H,2-6,11-14H2,1H3,(H,23,26). The minimum absolute atomic E-state index is 0.000380. The highest BCUT2D eigenvalue weighted by atomic mass is 19.4. The highest BCUT2D eigenvalue weighted by molar-refractivity contribution is 5.92. The Morgan fingerprint density at radius 1 is 1.04 bits per heavy atom. The molecule has 1 heterocycles. The molecule has 0 radical (unpaired) electrons. The molecular weight excluding hydrogens is 375 g/mol. The second-order valence-electron chi connectivity index (χ2n) is 6.94. The van der Waals surface area contributed by atoms with E-state index >= 15 is 0 Å². The zero-order valence-electron chi connectivity index (χ0n) is 15.9. The van der Waals surface area contributed by atoms with Gasteiger partial charge in [-0.15, -0.1) is 13.2 Å². The predicted molar refractivity (Wildman–Crippen MR) is 98.9 cm³/mol. The first-order valence-electron chi connectivity index (χ1n) is 9.35. The number of carbonyl (C=O) groups is 2. The van der Waals surface area contributed by atoms with Gasteiger partial charge in [-0.3, -0.25) is 14.5 Å². The maximum absolute atomic E-state index is 12.4. The van der Waals surface area contributed by atoms with Crippen molar-refractivity contribution in [3.63, 3.8) is 0 Å². The van der Waals surface area contributed by atoms with Crippen molar-refractivity contribution < 1.29 is 27.5 Å². The van der Waals surface area contributed by atoms with Crippen LogP contribution in [0.2, 0.25) is 0 Å². The monoisotopic (exact) mass is 401 g/mol. The number of halogens is 3. The number of likely N-dealkylation sites (N-methyl/N-ethyl adjacent to an activating group) is 1. The van der Waals surface area contributed by atoms with Crippen LogP contribution in [0.25, 0.3) is 0 Å². The Balaban J connectivity index is 1.77. The number of nitrogens with one attached hydrogen (secondary N) is 1. The first-order chi connectivity index (χ1) is 13.2. The molecule has 1 aromatic rings. The summed E-state index contributed by atoms with van der Waals surface area (Å²) in [5.74, 6) is -0.709. The Kier molecular flexibility index (Phi) is 8.10. The maximum atomic E-state index is 12.4. The maximum Gasteiger partial charge on any atom is 0.573 e. The van der Waals surface area contributed by atoms with Gasteiger partial charge in [0, 0.05) is 18.8 Å². The molecule has 0 atom stereocenters. The van der Waals surface area contributed by atoms with Crippen LogP contribution in [0.4, 0.5) is 18.9 Å². The van der Waals surface area contributed by atoms with Crippen molar-refractivity contribution in [1.82, 2.24) is 9.80 Å². The van der Waals surface area contributed by atoms with Crippen molar-refractivity contribution >= 4 is 17.5 Å². The Morgan fingerprint density at radius 3 is 2.18 bits per heavy atom. The second-order valence-corrected chi connectivity index (χ2v) is 6.94. The number of rotatable bonds is 6. The van der Waals surface area contributed by atoms with E-state index in [-0.39, 0.29) is 30.7 Å². The molecule has 1 aliphatic rings. The van der Waals surface area contributed by atoms with E-state index in [0.717, 1.165) is 50.9 Å². The van der Waals surface area contributed by atoms with Crippen LogP contribution in [0.5, 0.6) is 5.75 Å². The molecule has 0 aromatic heterocycles. The topological polar surface area (TPSA) is 61.9 Å². The number of benzene rings is 1. The minimum atomic E-state index is -4.76. The molecule has 0 bridgehead atoms. The molecule has 0 unspecified atom stereocenters. The SMILES string of the molecule is CN(CC(=O)Nc1ccc(OC(F)(F)F)cc1)CC(=O)N1CCCCCCC1. The van der Waals surface area contributed by atoms with Gasteiger partial charge in [0.1, 0.15) is 5.75 Å². The molecule has 0 aliphatic carbocycles. The first-order valence-corrected chi connectivity index (χ1v) is 9.35. The Bertz CT molecular complexity index is 642. The first kappa shape index (κ1) is 22.0. The van der Waals surface area contributed by atoms with Crippen molar-refractivity contribution in [1.29, 1.82) is 0 Å². The molecule has 9 heteroatoms. The highest BCUT2D eigenvalue weighted by Crippen LogP contribution is 2.23. The van der Waals surface area contributed by atoms with E-state index in [1.165, 1.54) is 18.6 Å². The molecule has 1 saturated heterocycles. The van der Waals surface area contributed by atoms with E-state index in [4.69, 9.17) is 0 Å². The van der Waals surface area contributed by atoms with Crippen molar-refractivity contribution in [3.05, 3.63) is 24.3 Å². The summed E-state index contributed by atoms with van der Waals surface area (Å²) >= 11 is 0. The van der Waals surface area contributed by atoms with Gasteiger partial charge in [0.15, 0.2) is 0 Å². The quantitative estimate of drug-likeness (QED) is 0.795. The van der Waals surface area contributed by atoms with Gasteiger partial charge in [-0.25, -0.2) is 0 Å². The summed E-state index contributed by atoms with van der Waals surface area (Å²) in [4.78, 5) is 28.0. The fraction of sp³-hybridized carbons (Fsp3) is 0.579. The van der Waals surface area contributed by atoms with Crippen molar-refractivity contribution in [2.24, 2.45) is 0 Å². The Morgan fingerprint density at radius 2 is 1.61 bits per heavy atom. The number of ether oxygens (including phenoxy) is 1. The van der Waals surface area contributed by atoms with Crippen LogP contribution >= 0.6 is 0 Å². The fourth-order valence-electron chi connectivity index (χ4n) is 3.07. The van der Waals surface area contributed by atoms with Gasteiger partial charge < -0.3 is 15.0 Å². The Hall–Kier alpha value is -2.29. The molecule has 0 spiro atoms. The van der Waals surface area contributed by atoms with E-state index in [9.17, 15) is 22.8 Å². The van der Waals surface area contributed by atoms with Crippen LogP contribution in [0, 0.1) is 0 Å². The van der Waals surface area contributed by atoms with Gasteiger partial charge in [0.25, 0.3) is 0 Å². The number of amides is 2. The minimum Gasteiger partial charge on any atom is -0.406 e. The van der Waals surface area contributed by atoms with Gasteiger partial charge in [-0.1, -0.05) is 19.3 Å². The van der Waals surface area contributed by atoms with Crippen molar-refractivity contribution in [2.45, 2.75) is 38.5 Å². The van der Waals surface area contributed by atoms with Crippen molar-refractivity contribution in [3.8, 4) is 5.75 Å². The number of likely N-dealkylation sites (tertiary alicyclic amines) is 1. The van der Waals surface area contributed by atoms with E-state index in [2.05, 4.69) is 10.1 Å². The number of anilines is 1. The van der Waals surface area contributed by atoms with E-state index in [1.807, 2.05) is 4.90 Å². The van der Waals surface area contributed by atoms with E-state index in [1.54, 1.807) is 11.9 Å².